The zero-order chi connectivity index (χ0) is 16.4. The minimum absolute atomic E-state index is 0.429. The van der Waals surface area contributed by atoms with Gasteiger partial charge in [-0.25, -0.2) is 0 Å². The molecule has 1 heterocycles. The zero-order valence-corrected chi connectivity index (χ0v) is 13.6. The van der Waals surface area contributed by atoms with Crippen molar-refractivity contribution in [3.05, 3.63) is 59.7 Å². The summed E-state index contributed by atoms with van der Waals surface area (Å²) in [5.41, 5.74) is 3.21. The summed E-state index contributed by atoms with van der Waals surface area (Å²) in [7, 11) is 0. The molecule has 0 aromatic heterocycles. The third-order valence-corrected chi connectivity index (χ3v) is 4.54. The molecule has 2 aromatic rings. The molecule has 1 aliphatic heterocycles. The Balaban J connectivity index is 1.94. The number of ketones is 1. The number of fused-ring (bicyclic) bond motifs is 1. The average molecular weight is 307 g/mol. The van der Waals surface area contributed by atoms with Crippen LogP contribution in [0.25, 0.3) is 0 Å². The van der Waals surface area contributed by atoms with Crippen LogP contribution in [-0.2, 0) is 4.79 Å². The smallest absolute Gasteiger partial charge is 0.283 e. The van der Waals surface area contributed by atoms with E-state index in [1.54, 1.807) is 12.1 Å². The lowest BCUT2D eigenvalue weighted by atomic mass is 9.92. The van der Waals surface area contributed by atoms with Crippen molar-refractivity contribution in [3.8, 4) is 0 Å². The highest BCUT2D eigenvalue weighted by atomic mass is 16.2. The Hall–Kier alpha value is -2.42. The summed E-state index contributed by atoms with van der Waals surface area (Å²) in [5.74, 6) is -0.348. The van der Waals surface area contributed by atoms with Crippen LogP contribution in [0.15, 0.2) is 48.5 Å². The van der Waals surface area contributed by atoms with E-state index in [1.165, 1.54) is 16.9 Å². The minimum atomic E-state index is -0.473. The molecule has 0 radical (unpaired) electrons. The molecule has 1 amide bonds. The van der Waals surface area contributed by atoms with Gasteiger partial charge in [0.05, 0.1) is 11.3 Å². The van der Waals surface area contributed by atoms with Crippen LogP contribution in [0.1, 0.15) is 54.9 Å². The summed E-state index contributed by atoms with van der Waals surface area (Å²) >= 11 is 0. The maximum Gasteiger partial charge on any atom is 0.304 e. The van der Waals surface area contributed by atoms with E-state index in [0.29, 0.717) is 17.2 Å². The number of amides is 1. The summed E-state index contributed by atoms with van der Waals surface area (Å²) in [5, 5.41) is 0. The summed E-state index contributed by atoms with van der Waals surface area (Å²) in [6, 6.07) is 15.2. The van der Waals surface area contributed by atoms with E-state index in [9.17, 15) is 9.59 Å². The molecule has 0 saturated carbocycles. The van der Waals surface area contributed by atoms with Gasteiger partial charge in [0.1, 0.15) is 0 Å². The third kappa shape index (κ3) is 2.67. The van der Waals surface area contributed by atoms with Crippen molar-refractivity contribution in [3.63, 3.8) is 0 Å². The highest BCUT2D eigenvalue weighted by Gasteiger charge is 2.36. The van der Waals surface area contributed by atoms with Gasteiger partial charge in [-0.2, -0.15) is 0 Å². The first-order valence-electron chi connectivity index (χ1n) is 8.25. The molecule has 0 saturated heterocycles. The maximum absolute atomic E-state index is 12.3. The van der Waals surface area contributed by atoms with Crippen LogP contribution < -0.4 is 4.90 Å². The zero-order valence-electron chi connectivity index (χ0n) is 13.6. The molecule has 3 nitrogen and oxygen atoms in total. The van der Waals surface area contributed by atoms with E-state index in [0.717, 1.165) is 18.5 Å². The molecule has 0 aliphatic carbocycles. The van der Waals surface area contributed by atoms with Crippen LogP contribution >= 0.6 is 0 Å². The first kappa shape index (κ1) is 15.5. The number of anilines is 2. The number of benzene rings is 2. The summed E-state index contributed by atoms with van der Waals surface area (Å²) < 4.78 is 0. The Labute approximate surface area is 136 Å². The number of nitrogens with zero attached hydrogens (tertiary/aromatic N) is 1. The van der Waals surface area contributed by atoms with Crippen LogP contribution in [0.2, 0.25) is 0 Å². The lowest BCUT2D eigenvalue weighted by molar-refractivity contribution is -0.113. The van der Waals surface area contributed by atoms with Crippen molar-refractivity contribution >= 4 is 23.1 Å². The Morgan fingerprint density at radius 1 is 0.957 bits per heavy atom. The number of para-hydroxylation sites is 1. The molecule has 23 heavy (non-hydrogen) atoms. The van der Waals surface area contributed by atoms with Crippen molar-refractivity contribution in [1.29, 1.82) is 0 Å². The lowest BCUT2D eigenvalue weighted by Crippen LogP contribution is -2.24. The number of hydrogen-bond donors (Lipinski definition) is 0. The molecule has 0 N–H and O–H groups in total. The first-order valence-corrected chi connectivity index (χ1v) is 8.25. The molecule has 1 aliphatic rings. The highest BCUT2D eigenvalue weighted by Crippen LogP contribution is 2.36. The van der Waals surface area contributed by atoms with Crippen LogP contribution in [0.3, 0.4) is 0 Å². The normalized spacial score (nSPS) is 15.0. The van der Waals surface area contributed by atoms with Gasteiger partial charge in [-0.3, -0.25) is 14.5 Å². The van der Waals surface area contributed by atoms with Crippen molar-refractivity contribution in [2.24, 2.45) is 0 Å². The van der Waals surface area contributed by atoms with Gasteiger partial charge in [-0.05, 0) is 48.6 Å². The summed E-state index contributed by atoms with van der Waals surface area (Å²) in [4.78, 5) is 25.9. The van der Waals surface area contributed by atoms with Crippen LogP contribution in [0, 0.1) is 0 Å². The van der Waals surface area contributed by atoms with Gasteiger partial charge in [0.15, 0.2) is 0 Å². The Bertz CT molecular complexity index is 734. The van der Waals surface area contributed by atoms with E-state index in [1.807, 2.05) is 24.3 Å². The Kier molecular flexibility index (Phi) is 4.28. The quantitative estimate of drug-likeness (QED) is 0.741. The summed E-state index contributed by atoms with van der Waals surface area (Å²) in [6.45, 7) is 4.40. The van der Waals surface area contributed by atoms with E-state index in [4.69, 9.17) is 0 Å². The molecular weight excluding hydrogens is 286 g/mol. The second kappa shape index (κ2) is 6.37. The predicted molar refractivity (Wildman–Crippen MR) is 92.3 cm³/mol. The Morgan fingerprint density at radius 3 is 2.30 bits per heavy atom. The molecule has 118 valence electrons. The number of Topliss-reactive ketones (excluding diaryl/α,β-unsaturated/α-hetero) is 1. The van der Waals surface area contributed by atoms with Crippen LogP contribution in [-0.4, -0.2) is 11.7 Å². The lowest BCUT2D eigenvalue weighted by Gasteiger charge is -2.19. The van der Waals surface area contributed by atoms with E-state index in [-0.39, 0.29) is 0 Å². The standard InChI is InChI=1S/C20H21NO2/c1-3-7-14(4-2)15-10-12-16(13-11-15)21-18-9-6-5-8-17(18)19(22)20(21)23/h5-6,8-14H,3-4,7H2,1-2H3. The molecule has 1 unspecified atom stereocenters. The van der Waals surface area contributed by atoms with Gasteiger partial charge < -0.3 is 0 Å². The van der Waals surface area contributed by atoms with Crippen molar-refractivity contribution < 1.29 is 9.59 Å². The molecule has 0 bridgehead atoms. The molecule has 2 aromatic carbocycles. The Morgan fingerprint density at radius 2 is 1.65 bits per heavy atom. The van der Waals surface area contributed by atoms with Crippen LogP contribution in [0.5, 0.6) is 0 Å². The molecule has 1 atom stereocenters. The molecule has 3 heteroatoms. The largest absolute Gasteiger partial charge is 0.304 e. The number of hydrogen-bond acceptors (Lipinski definition) is 2. The predicted octanol–water partition coefficient (Wildman–Crippen LogP) is 4.84. The van der Waals surface area contributed by atoms with Crippen molar-refractivity contribution in [2.45, 2.75) is 39.0 Å². The fourth-order valence-electron chi connectivity index (χ4n) is 3.29. The second-order valence-electron chi connectivity index (χ2n) is 5.97. The molecule has 3 rings (SSSR count). The van der Waals surface area contributed by atoms with Crippen molar-refractivity contribution in [2.75, 3.05) is 4.90 Å². The SMILES string of the molecule is CCCC(CC)c1ccc(N2C(=O)C(=O)c3ccccc32)cc1. The van der Waals surface area contributed by atoms with Gasteiger partial charge in [0.2, 0.25) is 0 Å². The third-order valence-electron chi connectivity index (χ3n) is 4.54. The van der Waals surface area contributed by atoms with Gasteiger partial charge in [0.25, 0.3) is 5.78 Å². The topological polar surface area (TPSA) is 37.4 Å². The van der Waals surface area contributed by atoms with E-state index in [2.05, 4.69) is 26.0 Å². The van der Waals surface area contributed by atoms with Gasteiger partial charge in [-0.1, -0.05) is 44.5 Å². The first-order chi connectivity index (χ1) is 11.2. The van der Waals surface area contributed by atoms with E-state index < -0.39 is 11.7 Å². The second-order valence-corrected chi connectivity index (χ2v) is 5.97. The average Bonchev–Trinajstić information content (AvgIpc) is 2.85. The number of carbonyl (C=O) groups excluding carboxylic acids is 2. The van der Waals surface area contributed by atoms with Crippen molar-refractivity contribution in [1.82, 2.24) is 0 Å². The fraction of sp³-hybridized carbons (Fsp3) is 0.300. The van der Waals surface area contributed by atoms with Gasteiger partial charge in [0, 0.05) is 5.69 Å². The van der Waals surface area contributed by atoms with Gasteiger partial charge >= 0.3 is 5.91 Å². The molecule has 0 spiro atoms. The monoisotopic (exact) mass is 307 g/mol. The fourth-order valence-corrected chi connectivity index (χ4v) is 3.29. The van der Waals surface area contributed by atoms with E-state index >= 15 is 0 Å². The maximum atomic E-state index is 12.3. The number of carbonyl (C=O) groups is 2. The molecular formula is C20H21NO2. The highest BCUT2D eigenvalue weighted by molar-refractivity contribution is 6.53. The summed E-state index contributed by atoms with van der Waals surface area (Å²) in [6.07, 6.45) is 3.43. The minimum Gasteiger partial charge on any atom is -0.283 e. The number of rotatable bonds is 5. The van der Waals surface area contributed by atoms with Crippen LogP contribution in [0.4, 0.5) is 11.4 Å². The molecule has 0 fully saturated rings. The van der Waals surface area contributed by atoms with Gasteiger partial charge in [-0.15, -0.1) is 0 Å².